The second-order valence-electron chi connectivity index (χ2n) is 2.42. The summed E-state index contributed by atoms with van der Waals surface area (Å²) >= 11 is 0. The zero-order valence-electron chi connectivity index (χ0n) is 6.09. The van der Waals surface area contributed by atoms with Crippen LogP contribution in [0.15, 0.2) is 37.0 Å². The molecular weight excluding hydrogens is 134 g/mol. The summed E-state index contributed by atoms with van der Waals surface area (Å²) in [5, 5.41) is 1.18. The number of rotatable bonds is 1. The molecule has 0 bridgehead atoms. The van der Waals surface area contributed by atoms with Gasteiger partial charge in [-0.3, -0.25) is 0 Å². The van der Waals surface area contributed by atoms with E-state index < -0.39 is 0 Å². The molecule has 0 atom stereocenters. The third kappa shape index (κ3) is 0.855. The summed E-state index contributed by atoms with van der Waals surface area (Å²) in [5.41, 5.74) is 2.18. The smallest absolute Gasteiger partial charge is 0.0460 e. The van der Waals surface area contributed by atoms with Crippen molar-refractivity contribution < 1.29 is 0 Å². The van der Waals surface area contributed by atoms with Crippen molar-refractivity contribution >= 4 is 10.9 Å². The van der Waals surface area contributed by atoms with Gasteiger partial charge in [0.05, 0.1) is 0 Å². The molecule has 1 nitrogen and oxygen atoms in total. The van der Waals surface area contributed by atoms with Crippen molar-refractivity contribution in [1.82, 2.24) is 4.98 Å². The van der Waals surface area contributed by atoms with Gasteiger partial charge < -0.3 is 4.98 Å². The number of aromatic amines is 1. The van der Waals surface area contributed by atoms with Crippen LogP contribution in [0.25, 0.3) is 10.9 Å². The molecule has 1 heterocycles. The van der Waals surface area contributed by atoms with E-state index in [1.165, 1.54) is 5.39 Å². The van der Waals surface area contributed by atoms with Crippen molar-refractivity contribution in [3.8, 4) is 0 Å². The van der Waals surface area contributed by atoms with Gasteiger partial charge in [-0.05, 0) is 12.1 Å². The highest BCUT2D eigenvalue weighted by Crippen LogP contribution is 2.16. The average Bonchev–Trinajstić information content (AvgIpc) is 2.47. The maximum absolute atomic E-state index is 3.61. The van der Waals surface area contributed by atoms with Gasteiger partial charge in [-0.25, -0.2) is 0 Å². The van der Waals surface area contributed by atoms with Crippen molar-refractivity contribution in [3.63, 3.8) is 0 Å². The lowest BCUT2D eigenvalue weighted by molar-refractivity contribution is 1.46. The standard InChI is InChI=1S/C10H8N/c1-2-8-7-11-10-6-4-3-5-9(8)10/h3-7,11H,1H2. The van der Waals surface area contributed by atoms with Crippen LogP contribution in [0, 0.1) is 6.08 Å². The first kappa shape index (κ1) is 6.23. The lowest BCUT2D eigenvalue weighted by Crippen LogP contribution is -1.66. The molecule has 1 aromatic heterocycles. The lowest BCUT2D eigenvalue weighted by atomic mass is 10.2. The number of H-pyrrole nitrogens is 1. The second-order valence-corrected chi connectivity index (χ2v) is 2.42. The first-order valence-corrected chi connectivity index (χ1v) is 3.51. The summed E-state index contributed by atoms with van der Waals surface area (Å²) in [4.78, 5) is 3.14. The Hall–Kier alpha value is -1.50. The minimum absolute atomic E-state index is 1.04. The van der Waals surface area contributed by atoms with E-state index in [0.717, 1.165) is 11.1 Å². The lowest BCUT2D eigenvalue weighted by Gasteiger charge is -1.87. The predicted octanol–water partition coefficient (Wildman–Crippen LogP) is 2.51. The average molecular weight is 142 g/mol. The highest BCUT2D eigenvalue weighted by atomic mass is 14.7. The van der Waals surface area contributed by atoms with Crippen LogP contribution in [0.1, 0.15) is 5.56 Å². The third-order valence-electron chi connectivity index (χ3n) is 1.78. The third-order valence-corrected chi connectivity index (χ3v) is 1.78. The van der Waals surface area contributed by atoms with Gasteiger partial charge in [-0.2, -0.15) is 0 Å². The van der Waals surface area contributed by atoms with E-state index in [2.05, 4.69) is 23.7 Å². The van der Waals surface area contributed by atoms with Crippen LogP contribution < -0.4 is 0 Å². The number of hydrogen-bond donors (Lipinski definition) is 1. The Balaban J connectivity index is 2.86. The topological polar surface area (TPSA) is 15.8 Å². The minimum Gasteiger partial charge on any atom is -0.361 e. The van der Waals surface area contributed by atoms with Gasteiger partial charge >= 0.3 is 0 Å². The normalized spacial score (nSPS) is 10.2. The van der Waals surface area contributed by atoms with Gasteiger partial charge in [0.2, 0.25) is 0 Å². The van der Waals surface area contributed by atoms with Crippen molar-refractivity contribution in [3.05, 3.63) is 48.7 Å². The molecule has 0 amide bonds. The summed E-state index contributed by atoms with van der Waals surface area (Å²) in [6, 6.07) is 8.11. The summed E-state index contributed by atoms with van der Waals surface area (Å²) in [7, 11) is 0. The maximum atomic E-state index is 3.61. The number of aromatic nitrogens is 1. The van der Waals surface area contributed by atoms with E-state index in [0.29, 0.717) is 0 Å². The molecular formula is C10H8N. The Morgan fingerprint density at radius 1 is 1.27 bits per heavy atom. The number of benzene rings is 1. The van der Waals surface area contributed by atoms with Gasteiger partial charge in [0.15, 0.2) is 0 Å². The van der Waals surface area contributed by atoms with E-state index >= 15 is 0 Å². The molecule has 0 saturated carbocycles. The van der Waals surface area contributed by atoms with Gasteiger partial charge in [-0.1, -0.05) is 24.8 Å². The van der Waals surface area contributed by atoms with Crippen molar-refractivity contribution in [2.75, 3.05) is 0 Å². The van der Waals surface area contributed by atoms with Crippen molar-refractivity contribution in [2.45, 2.75) is 0 Å². The minimum atomic E-state index is 1.04. The van der Waals surface area contributed by atoms with E-state index in [1.807, 2.05) is 24.4 Å². The molecule has 1 aromatic carbocycles. The van der Waals surface area contributed by atoms with Crippen LogP contribution >= 0.6 is 0 Å². The monoisotopic (exact) mass is 142 g/mol. The molecule has 2 rings (SSSR count). The first-order chi connectivity index (χ1) is 5.42. The highest BCUT2D eigenvalue weighted by molar-refractivity contribution is 5.83. The molecule has 0 spiro atoms. The second kappa shape index (κ2) is 2.27. The Labute approximate surface area is 65.4 Å². The van der Waals surface area contributed by atoms with Crippen LogP contribution in [-0.4, -0.2) is 4.98 Å². The number of para-hydroxylation sites is 1. The van der Waals surface area contributed by atoms with Gasteiger partial charge in [0, 0.05) is 22.7 Å². The fraction of sp³-hybridized carbons (Fsp3) is 0. The van der Waals surface area contributed by atoms with Crippen LogP contribution in [0.3, 0.4) is 0 Å². The van der Waals surface area contributed by atoms with E-state index in [4.69, 9.17) is 0 Å². The Morgan fingerprint density at radius 2 is 2.09 bits per heavy atom. The number of fused-ring (bicyclic) bond motifs is 1. The van der Waals surface area contributed by atoms with Gasteiger partial charge in [0.1, 0.15) is 0 Å². The van der Waals surface area contributed by atoms with Gasteiger partial charge in [0.25, 0.3) is 0 Å². The van der Waals surface area contributed by atoms with Crippen LogP contribution in [0.5, 0.6) is 0 Å². The highest BCUT2D eigenvalue weighted by Gasteiger charge is 1.96. The fourth-order valence-electron chi connectivity index (χ4n) is 1.22. The molecule has 11 heavy (non-hydrogen) atoms. The van der Waals surface area contributed by atoms with Crippen LogP contribution in [0.4, 0.5) is 0 Å². The van der Waals surface area contributed by atoms with Crippen LogP contribution in [0.2, 0.25) is 0 Å². The largest absolute Gasteiger partial charge is 0.361 e. The van der Waals surface area contributed by atoms with Gasteiger partial charge in [-0.15, -0.1) is 0 Å². The molecule has 0 aliphatic rings. The molecule has 0 saturated heterocycles. The molecule has 1 N–H and O–H groups in total. The van der Waals surface area contributed by atoms with E-state index in [-0.39, 0.29) is 0 Å². The first-order valence-electron chi connectivity index (χ1n) is 3.51. The molecule has 2 aromatic rings. The molecule has 0 aliphatic heterocycles. The Bertz CT molecular complexity index is 384. The molecule has 0 aliphatic carbocycles. The predicted molar refractivity (Wildman–Crippen MR) is 46.3 cm³/mol. The van der Waals surface area contributed by atoms with Crippen molar-refractivity contribution in [2.24, 2.45) is 0 Å². The Morgan fingerprint density at radius 3 is 2.91 bits per heavy atom. The maximum Gasteiger partial charge on any atom is 0.0460 e. The molecule has 0 unspecified atom stereocenters. The summed E-state index contributed by atoms with van der Waals surface area (Å²) in [5.74, 6) is 0. The number of nitrogens with one attached hydrogen (secondary N) is 1. The number of hydrogen-bond acceptors (Lipinski definition) is 0. The quantitative estimate of drug-likeness (QED) is 0.629. The fourth-order valence-corrected chi connectivity index (χ4v) is 1.22. The van der Waals surface area contributed by atoms with E-state index in [1.54, 1.807) is 0 Å². The van der Waals surface area contributed by atoms with Crippen molar-refractivity contribution in [1.29, 1.82) is 0 Å². The molecule has 53 valence electrons. The molecule has 0 fully saturated rings. The molecule has 1 heteroatoms. The van der Waals surface area contributed by atoms with E-state index in [9.17, 15) is 0 Å². The van der Waals surface area contributed by atoms with Crippen LogP contribution in [-0.2, 0) is 0 Å². The summed E-state index contributed by atoms with van der Waals surface area (Å²) in [6.07, 6.45) is 4.78. The Kier molecular flexibility index (Phi) is 1.29. The zero-order valence-corrected chi connectivity index (χ0v) is 6.09. The summed E-state index contributed by atoms with van der Waals surface area (Å²) in [6.45, 7) is 3.61. The SMILES string of the molecule is C=[C]c1c[nH]c2ccccc12. The molecule has 1 radical (unpaired) electrons. The zero-order chi connectivity index (χ0) is 7.68. The summed E-state index contributed by atoms with van der Waals surface area (Å²) < 4.78 is 0.